The highest BCUT2D eigenvalue weighted by Gasteiger charge is 2.22. The van der Waals surface area contributed by atoms with Crippen LogP contribution in [0, 0.1) is 0 Å². The van der Waals surface area contributed by atoms with Gasteiger partial charge in [0.15, 0.2) is 0 Å². The topological polar surface area (TPSA) is 12.0 Å². The quantitative estimate of drug-likeness (QED) is 0.731. The largest absolute Gasteiger partial charge is 0.309 e. The van der Waals surface area contributed by atoms with Crippen LogP contribution in [-0.2, 0) is 0 Å². The van der Waals surface area contributed by atoms with Crippen molar-refractivity contribution in [2.45, 2.75) is 25.8 Å². The van der Waals surface area contributed by atoms with Gasteiger partial charge in [-0.25, -0.2) is 0 Å². The molecule has 2 aromatic rings. The van der Waals surface area contributed by atoms with Crippen molar-refractivity contribution in [2.24, 2.45) is 0 Å². The van der Waals surface area contributed by atoms with Crippen molar-refractivity contribution >= 4 is 38.9 Å². The van der Waals surface area contributed by atoms with Gasteiger partial charge in [-0.3, -0.25) is 0 Å². The van der Waals surface area contributed by atoms with Gasteiger partial charge in [0.25, 0.3) is 0 Å². The summed E-state index contributed by atoms with van der Waals surface area (Å²) in [6.45, 7) is 5.33. The molecule has 0 saturated heterocycles. The van der Waals surface area contributed by atoms with Gasteiger partial charge in [-0.15, -0.1) is 11.3 Å². The molecule has 2 rings (SSSR count). The minimum Gasteiger partial charge on any atom is -0.309 e. The van der Waals surface area contributed by atoms with E-state index in [-0.39, 0.29) is 0 Å². The molecule has 2 unspecified atom stereocenters. The molecule has 0 aliphatic heterocycles. The lowest BCUT2D eigenvalue weighted by molar-refractivity contribution is 0.486. The molecule has 0 radical (unpaired) electrons. The van der Waals surface area contributed by atoms with Gasteiger partial charge < -0.3 is 5.32 Å². The lowest BCUT2D eigenvalue weighted by Gasteiger charge is -2.24. The predicted molar refractivity (Wildman–Crippen MR) is 88.3 cm³/mol. The maximum atomic E-state index is 6.16. The smallest absolute Gasteiger partial charge is 0.0888 e. The van der Waals surface area contributed by atoms with Gasteiger partial charge in [-0.1, -0.05) is 55.8 Å². The summed E-state index contributed by atoms with van der Waals surface area (Å²) in [5.74, 6) is 0.405. The van der Waals surface area contributed by atoms with Crippen LogP contribution < -0.4 is 5.32 Å². The van der Waals surface area contributed by atoms with Crippen LogP contribution in [-0.4, -0.2) is 6.54 Å². The van der Waals surface area contributed by atoms with E-state index < -0.39 is 0 Å². The van der Waals surface area contributed by atoms with Crippen molar-refractivity contribution in [1.82, 2.24) is 5.32 Å². The van der Waals surface area contributed by atoms with Crippen molar-refractivity contribution in [3.05, 3.63) is 55.6 Å². The summed E-state index contributed by atoms with van der Waals surface area (Å²) < 4.78 is 1.01. The van der Waals surface area contributed by atoms with E-state index in [2.05, 4.69) is 71.5 Å². The first-order chi connectivity index (χ1) is 9.13. The first-order valence-corrected chi connectivity index (χ1v) is 8.35. The van der Waals surface area contributed by atoms with E-state index >= 15 is 0 Å². The van der Waals surface area contributed by atoms with Crippen LogP contribution in [0.1, 0.15) is 36.2 Å². The Morgan fingerprint density at radius 2 is 2.00 bits per heavy atom. The second-order valence-electron chi connectivity index (χ2n) is 4.51. The minimum absolute atomic E-state index is 0.293. The van der Waals surface area contributed by atoms with E-state index in [1.165, 1.54) is 10.4 Å². The second-order valence-corrected chi connectivity index (χ2v) is 7.31. The molecule has 19 heavy (non-hydrogen) atoms. The zero-order valence-electron chi connectivity index (χ0n) is 11.0. The summed E-state index contributed by atoms with van der Waals surface area (Å²) >= 11 is 11.4. The fourth-order valence-corrected chi connectivity index (χ4v) is 4.14. The summed E-state index contributed by atoms with van der Waals surface area (Å²) in [5, 5.41) is 4.36. The number of rotatable bonds is 5. The maximum absolute atomic E-state index is 6.16. The monoisotopic (exact) mass is 357 g/mol. The van der Waals surface area contributed by atoms with Crippen LogP contribution in [0.25, 0.3) is 0 Å². The number of benzene rings is 1. The summed E-state index contributed by atoms with van der Waals surface area (Å²) in [6.07, 6.45) is 0. The van der Waals surface area contributed by atoms with Gasteiger partial charge in [-0.2, -0.15) is 0 Å². The lowest BCUT2D eigenvalue weighted by Crippen LogP contribution is -2.24. The number of thiophene rings is 1. The summed E-state index contributed by atoms with van der Waals surface area (Å²) in [4.78, 5) is 1.27. The Hall–Kier alpha value is -0.350. The third-order valence-electron chi connectivity index (χ3n) is 3.22. The molecule has 1 heterocycles. The molecule has 0 aliphatic rings. The summed E-state index contributed by atoms with van der Waals surface area (Å²) in [5.41, 5.74) is 1.34. The molecule has 0 bridgehead atoms. The molecular formula is C15H17BrClNS. The van der Waals surface area contributed by atoms with E-state index in [1.54, 1.807) is 11.3 Å². The molecule has 0 amide bonds. The average Bonchev–Trinajstić information content (AvgIpc) is 2.76. The van der Waals surface area contributed by atoms with Crippen LogP contribution in [0.4, 0.5) is 0 Å². The van der Waals surface area contributed by atoms with Crippen molar-refractivity contribution in [2.75, 3.05) is 6.54 Å². The van der Waals surface area contributed by atoms with E-state index in [9.17, 15) is 0 Å². The fourth-order valence-electron chi connectivity index (χ4n) is 2.21. The zero-order valence-corrected chi connectivity index (χ0v) is 14.1. The minimum atomic E-state index is 0.293. The van der Waals surface area contributed by atoms with Gasteiger partial charge in [0.2, 0.25) is 0 Å². The third kappa shape index (κ3) is 3.60. The van der Waals surface area contributed by atoms with E-state index in [1.807, 2.05) is 0 Å². The number of hydrogen-bond donors (Lipinski definition) is 1. The molecule has 0 spiro atoms. The Bertz CT molecular complexity index is 507. The van der Waals surface area contributed by atoms with E-state index in [0.717, 1.165) is 15.4 Å². The van der Waals surface area contributed by atoms with Crippen molar-refractivity contribution < 1.29 is 0 Å². The highest BCUT2D eigenvalue weighted by molar-refractivity contribution is 9.11. The SMILES string of the molecule is CCNC(c1cc(Cl)c(Br)s1)C(C)c1ccccc1. The molecule has 1 aromatic carbocycles. The molecular weight excluding hydrogens is 342 g/mol. The first kappa shape index (κ1) is 15.0. The predicted octanol–water partition coefficient (Wildman–Crippen LogP) is 5.62. The fraction of sp³-hybridized carbons (Fsp3) is 0.333. The van der Waals surface area contributed by atoms with Crippen LogP contribution in [0.15, 0.2) is 40.2 Å². The van der Waals surface area contributed by atoms with Gasteiger partial charge >= 0.3 is 0 Å². The molecule has 4 heteroatoms. The summed E-state index contributed by atoms with van der Waals surface area (Å²) in [7, 11) is 0. The molecule has 1 nitrogen and oxygen atoms in total. The molecule has 0 saturated carbocycles. The zero-order chi connectivity index (χ0) is 13.8. The van der Waals surface area contributed by atoms with Crippen LogP contribution in [0.5, 0.6) is 0 Å². The number of likely N-dealkylation sites (N-methyl/N-ethyl adjacent to an activating group) is 1. The van der Waals surface area contributed by atoms with Gasteiger partial charge in [0.05, 0.1) is 8.81 Å². The van der Waals surface area contributed by atoms with Crippen LogP contribution in [0.2, 0.25) is 5.02 Å². The molecule has 2 atom stereocenters. The van der Waals surface area contributed by atoms with E-state index in [0.29, 0.717) is 12.0 Å². The Kier molecular flexibility index (Phi) is 5.46. The molecule has 1 N–H and O–H groups in total. The number of hydrogen-bond acceptors (Lipinski definition) is 2. The lowest BCUT2D eigenvalue weighted by atomic mass is 9.92. The van der Waals surface area contributed by atoms with Crippen LogP contribution >= 0.6 is 38.9 Å². The molecule has 0 fully saturated rings. The van der Waals surface area contributed by atoms with Gasteiger partial charge in [-0.05, 0) is 34.1 Å². The Morgan fingerprint density at radius 3 is 2.53 bits per heavy atom. The highest BCUT2D eigenvalue weighted by Crippen LogP contribution is 2.40. The Balaban J connectivity index is 2.29. The van der Waals surface area contributed by atoms with Crippen LogP contribution in [0.3, 0.4) is 0 Å². The third-order valence-corrected chi connectivity index (χ3v) is 5.78. The molecule has 102 valence electrons. The number of nitrogens with one attached hydrogen (secondary N) is 1. The standard InChI is InChI=1S/C15H17BrClNS/c1-3-18-14(13-9-12(17)15(16)19-13)10(2)11-7-5-4-6-8-11/h4-10,14,18H,3H2,1-2H3. The summed E-state index contributed by atoms with van der Waals surface area (Å²) in [6, 6.07) is 12.9. The second kappa shape index (κ2) is 6.89. The van der Waals surface area contributed by atoms with Gasteiger partial charge in [0, 0.05) is 16.8 Å². The van der Waals surface area contributed by atoms with Crippen molar-refractivity contribution in [1.29, 1.82) is 0 Å². The Labute approximate surface area is 132 Å². The van der Waals surface area contributed by atoms with Gasteiger partial charge in [0.1, 0.15) is 0 Å². The molecule has 1 aromatic heterocycles. The van der Waals surface area contributed by atoms with Crippen molar-refractivity contribution in [3.8, 4) is 0 Å². The number of halogens is 2. The van der Waals surface area contributed by atoms with Crippen molar-refractivity contribution in [3.63, 3.8) is 0 Å². The highest BCUT2D eigenvalue weighted by atomic mass is 79.9. The first-order valence-electron chi connectivity index (χ1n) is 6.36. The molecule has 0 aliphatic carbocycles. The normalized spacial score (nSPS) is 14.3. The maximum Gasteiger partial charge on any atom is 0.0888 e. The average molecular weight is 359 g/mol. The van der Waals surface area contributed by atoms with E-state index in [4.69, 9.17) is 11.6 Å². The Morgan fingerprint density at radius 1 is 1.32 bits per heavy atom.